The average molecular weight is 345 g/mol. The minimum atomic E-state index is -0.431. The highest BCUT2D eigenvalue weighted by molar-refractivity contribution is 5.90. The van der Waals surface area contributed by atoms with Crippen LogP contribution in [0, 0.1) is 21.4 Å². The second-order valence-electron chi connectivity index (χ2n) is 6.86. The number of benzene rings is 2. The second kappa shape index (κ2) is 6.64. The van der Waals surface area contributed by atoms with E-state index in [9.17, 15) is 15.4 Å². The van der Waals surface area contributed by atoms with Gasteiger partial charge >= 0.3 is 0 Å². The quantitative estimate of drug-likeness (QED) is 0.359. The number of nitro benzene ring substituents is 1. The van der Waals surface area contributed by atoms with Crippen LogP contribution in [0.3, 0.4) is 0 Å². The molecule has 0 N–H and O–H groups in total. The van der Waals surface area contributed by atoms with Crippen molar-refractivity contribution >= 4 is 23.0 Å². The number of nitrogens with zero attached hydrogens (tertiary/aromatic N) is 3. The summed E-state index contributed by atoms with van der Waals surface area (Å²) >= 11 is 0. The van der Waals surface area contributed by atoms with Gasteiger partial charge in [0.05, 0.1) is 16.6 Å². The molecule has 0 bridgehead atoms. The summed E-state index contributed by atoms with van der Waals surface area (Å²) in [6.45, 7) is 2.28. The number of anilines is 1. The second-order valence-corrected chi connectivity index (χ2v) is 6.86. The predicted molar refractivity (Wildman–Crippen MR) is 102 cm³/mol. The van der Waals surface area contributed by atoms with Crippen molar-refractivity contribution in [3.8, 4) is 6.07 Å². The number of rotatable bonds is 3. The minimum Gasteiger partial charge on any atom is -0.371 e. The lowest BCUT2D eigenvalue weighted by Gasteiger charge is -2.37. The third-order valence-corrected chi connectivity index (χ3v) is 5.18. The van der Waals surface area contributed by atoms with Crippen LogP contribution in [0.1, 0.15) is 35.1 Å². The molecule has 0 aliphatic carbocycles. The maximum Gasteiger partial charge on any atom is 0.269 e. The third kappa shape index (κ3) is 2.95. The number of hydrogen-bond acceptors (Lipinski definition) is 4. The predicted octanol–water partition coefficient (Wildman–Crippen LogP) is 4.36. The molecule has 130 valence electrons. The highest BCUT2D eigenvalue weighted by atomic mass is 16.6. The first-order chi connectivity index (χ1) is 12.7. The Morgan fingerprint density at radius 1 is 1.12 bits per heavy atom. The topological polar surface area (TPSA) is 70.2 Å². The molecule has 0 aromatic heterocycles. The third-order valence-electron chi connectivity index (χ3n) is 5.18. The summed E-state index contributed by atoms with van der Waals surface area (Å²) in [5.41, 5.74) is 6.46. The molecule has 2 heterocycles. The number of hydrogen-bond donors (Lipinski definition) is 0. The molecule has 0 spiro atoms. The van der Waals surface area contributed by atoms with Crippen LogP contribution in [0.25, 0.3) is 11.6 Å². The van der Waals surface area contributed by atoms with Gasteiger partial charge in [0.25, 0.3) is 5.69 Å². The smallest absolute Gasteiger partial charge is 0.269 e. The first kappa shape index (κ1) is 16.3. The molecule has 0 saturated carbocycles. The Labute approximate surface area is 152 Å². The van der Waals surface area contributed by atoms with Crippen LogP contribution in [0.5, 0.6) is 0 Å². The van der Waals surface area contributed by atoms with Crippen molar-refractivity contribution in [2.45, 2.75) is 25.7 Å². The van der Waals surface area contributed by atoms with Gasteiger partial charge in [-0.1, -0.05) is 0 Å². The zero-order valence-corrected chi connectivity index (χ0v) is 14.4. The van der Waals surface area contributed by atoms with Crippen molar-refractivity contribution in [1.82, 2.24) is 0 Å². The van der Waals surface area contributed by atoms with E-state index in [1.165, 1.54) is 41.8 Å². The van der Waals surface area contributed by atoms with Gasteiger partial charge < -0.3 is 4.90 Å². The Hall–Kier alpha value is -3.13. The molecule has 0 amide bonds. The molecule has 0 unspecified atom stereocenters. The van der Waals surface area contributed by atoms with E-state index in [0.29, 0.717) is 11.1 Å². The van der Waals surface area contributed by atoms with E-state index in [-0.39, 0.29) is 5.69 Å². The molecule has 26 heavy (non-hydrogen) atoms. The van der Waals surface area contributed by atoms with Gasteiger partial charge in [0, 0.05) is 30.9 Å². The maximum atomic E-state index is 10.8. The van der Waals surface area contributed by atoms with Crippen molar-refractivity contribution in [2.75, 3.05) is 18.0 Å². The Bertz CT molecular complexity index is 908. The van der Waals surface area contributed by atoms with Gasteiger partial charge in [-0.25, -0.2) is 0 Å². The largest absolute Gasteiger partial charge is 0.371 e. The Morgan fingerprint density at radius 3 is 2.27 bits per heavy atom. The zero-order chi connectivity index (χ0) is 18.1. The van der Waals surface area contributed by atoms with Crippen LogP contribution < -0.4 is 4.90 Å². The van der Waals surface area contributed by atoms with Crippen LogP contribution in [0.2, 0.25) is 0 Å². The van der Waals surface area contributed by atoms with E-state index < -0.39 is 4.92 Å². The molecule has 2 aliphatic rings. The lowest BCUT2D eigenvalue weighted by Crippen LogP contribution is -2.34. The van der Waals surface area contributed by atoms with E-state index in [2.05, 4.69) is 23.1 Å². The number of nitriles is 1. The van der Waals surface area contributed by atoms with Crippen LogP contribution in [0.15, 0.2) is 36.4 Å². The first-order valence-electron chi connectivity index (χ1n) is 8.93. The molecular formula is C21H19N3O2. The normalized spacial score (nSPS) is 16.0. The number of aryl methyl sites for hydroxylation is 2. The van der Waals surface area contributed by atoms with Crippen LogP contribution in [-0.2, 0) is 12.8 Å². The molecule has 5 heteroatoms. The van der Waals surface area contributed by atoms with Gasteiger partial charge in [0.1, 0.15) is 0 Å². The van der Waals surface area contributed by atoms with Crippen LogP contribution in [0.4, 0.5) is 11.4 Å². The summed E-state index contributed by atoms with van der Waals surface area (Å²) in [7, 11) is 0. The molecule has 0 fully saturated rings. The molecule has 2 aromatic carbocycles. The molecular weight excluding hydrogens is 326 g/mol. The lowest BCUT2D eigenvalue weighted by atomic mass is 9.89. The summed E-state index contributed by atoms with van der Waals surface area (Å²) in [4.78, 5) is 12.9. The van der Waals surface area contributed by atoms with Gasteiger partial charge in [-0.3, -0.25) is 10.1 Å². The van der Waals surface area contributed by atoms with E-state index >= 15 is 0 Å². The van der Waals surface area contributed by atoms with Crippen molar-refractivity contribution in [2.24, 2.45) is 0 Å². The van der Waals surface area contributed by atoms with Gasteiger partial charge in [-0.05, 0) is 78.3 Å². The summed E-state index contributed by atoms with van der Waals surface area (Å²) in [5, 5.41) is 20.4. The van der Waals surface area contributed by atoms with Gasteiger partial charge in [-0.2, -0.15) is 5.26 Å². The van der Waals surface area contributed by atoms with Crippen molar-refractivity contribution < 1.29 is 4.92 Å². The van der Waals surface area contributed by atoms with Crippen molar-refractivity contribution in [3.05, 3.63) is 68.8 Å². The summed E-state index contributed by atoms with van der Waals surface area (Å²) in [5.74, 6) is 0. The summed E-state index contributed by atoms with van der Waals surface area (Å²) < 4.78 is 0. The Kier molecular flexibility index (Phi) is 4.18. The van der Waals surface area contributed by atoms with E-state index in [1.54, 1.807) is 12.1 Å². The van der Waals surface area contributed by atoms with E-state index in [1.807, 2.05) is 6.08 Å². The van der Waals surface area contributed by atoms with E-state index in [0.717, 1.165) is 31.5 Å². The van der Waals surface area contributed by atoms with Gasteiger partial charge in [-0.15, -0.1) is 0 Å². The summed E-state index contributed by atoms with van der Waals surface area (Å²) in [6, 6.07) is 12.8. The molecule has 0 radical (unpaired) electrons. The fourth-order valence-electron chi connectivity index (χ4n) is 4.02. The minimum absolute atomic E-state index is 0.0318. The zero-order valence-electron chi connectivity index (χ0n) is 14.4. The molecule has 2 aromatic rings. The fraction of sp³-hybridized carbons (Fsp3) is 0.286. The SMILES string of the molecule is N#C/C(=C\c1cc2c3c(c1)CCCN3CCC2)c1ccc([N+](=O)[O-])cc1. The summed E-state index contributed by atoms with van der Waals surface area (Å²) in [6.07, 6.45) is 6.41. The van der Waals surface area contributed by atoms with Crippen LogP contribution >= 0.6 is 0 Å². The maximum absolute atomic E-state index is 10.8. The number of nitro groups is 1. The lowest BCUT2D eigenvalue weighted by molar-refractivity contribution is -0.384. The van der Waals surface area contributed by atoms with Gasteiger partial charge in [0.2, 0.25) is 0 Å². The molecule has 4 rings (SSSR count). The highest BCUT2D eigenvalue weighted by Crippen LogP contribution is 2.36. The highest BCUT2D eigenvalue weighted by Gasteiger charge is 2.24. The molecule has 5 nitrogen and oxygen atoms in total. The van der Waals surface area contributed by atoms with Crippen LogP contribution in [-0.4, -0.2) is 18.0 Å². The number of allylic oxidation sites excluding steroid dienone is 1. The fourth-order valence-corrected chi connectivity index (χ4v) is 4.02. The molecule has 0 atom stereocenters. The Morgan fingerprint density at radius 2 is 1.73 bits per heavy atom. The standard InChI is InChI=1S/C21H19N3O2/c22-14-19(16-5-7-20(8-6-16)24(25)26)13-15-11-17-3-1-9-23-10-2-4-18(12-15)21(17)23/h5-8,11-13H,1-4,9-10H2/b19-13+. The van der Waals surface area contributed by atoms with Gasteiger partial charge in [0.15, 0.2) is 0 Å². The van der Waals surface area contributed by atoms with Crippen molar-refractivity contribution in [3.63, 3.8) is 0 Å². The average Bonchev–Trinajstić information content (AvgIpc) is 2.66. The Balaban J connectivity index is 1.72. The molecule has 0 saturated heterocycles. The monoisotopic (exact) mass is 345 g/mol. The van der Waals surface area contributed by atoms with E-state index in [4.69, 9.17) is 0 Å². The first-order valence-corrected chi connectivity index (χ1v) is 8.93. The molecule has 2 aliphatic heterocycles. The van der Waals surface area contributed by atoms with Crippen molar-refractivity contribution in [1.29, 1.82) is 5.26 Å². The number of non-ortho nitro benzene ring substituents is 1.